The lowest BCUT2D eigenvalue weighted by molar-refractivity contribution is -0.268. The van der Waals surface area contributed by atoms with Gasteiger partial charge in [-0.05, 0) is 52.1 Å². The molecule has 3 N–H and O–H groups in total. The number of aliphatic hydroxyl groups is 1. The van der Waals surface area contributed by atoms with E-state index in [2.05, 4.69) is 33.1 Å². The number of nitrogens with one attached hydrogen (secondary N) is 2. The highest BCUT2D eigenvalue weighted by molar-refractivity contribution is 7.99. The van der Waals surface area contributed by atoms with Gasteiger partial charge in [0.25, 0.3) is 0 Å². The van der Waals surface area contributed by atoms with E-state index in [1.165, 1.54) is 18.7 Å². The number of carbonyl (C=O) groups is 2. The first-order valence-electron chi connectivity index (χ1n) is 16.0. The summed E-state index contributed by atoms with van der Waals surface area (Å²) >= 11 is 1.54. The maximum Gasteiger partial charge on any atom is 0.220 e. The van der Waals surface area contributed by atoms with Crippen LogP contribution in [0.2, 0.25) is 0 Å². The van der Waals surface area contributed by atoms with Crippen molar-refractivity contribution in [3.8, 4) is 5.69 Å². The Morgan fingerprint density at radius 2 is 1.62 bits per heavy atom. The van der Waals surface area contributed by atoms with Gasteiger partial charge in [-0.15, -0.1) is 5.10 Å². The van der Waals surface area contributed by atoms with Gasteiger partial charge in [-0.1, -0.05) is 91.8 Å². The van der Waals surface area contributed by atoms with Gasteiger partial charge in [0.1, 0.15) is 0 Å². The van der Waals surface area contributed by atoms with Crippen LogP contribution in [0, 0.1) is 5.92 Å². The number of thioether (sulfide) groups is 1. The molecule has 1 aliphatic heterocycles. The first-order valence-corrected chi connectivity index (χ1v) is 17.0. The molecule has 5 rings (SSSR count). The highest BCUT2D eigenvalue weighted by Crippen LogP contribution is 2.43. The van der Waals surface area contributed by atoms with Gasteiger partial charge in [-0.2, -0.15) is 4.68 Å². The number of hydrogen-bond acceptors (Lipinski definition) is 9. The number of aliphatic hydroxyl groups excluding tert-OH is 1. The molecule has 3 aromatic carbocycles. The molecule has 4 atom stereocenters. The predicted molar refractivity (Wildman–Crippen MR) is 178 cm³/mol. The van der Waals surface area contributed by atoms with E-state index in [0.717, 1.165) is 47.2 Å². The summed E-state index contributed by atoms with van der Waals surface area (Å²) in [6, 6.07) is 25.6. The van der Waals surface area contributed by atoms with E-state index in [9.17, 15) is 14.7 Å². The van der Waals surface area contributed by atoms with Crippen LogP contribution in [-0.2, 0) is 32.2 Å². The Bertz CT molecular complexity index is 1570. The number of benzene rings is 3. The first-order chi connectivity index (χ1) is 22.9. The molecule has 1 aliphatic rings. The smallest absolute Gasteiger partial charge is 0.220 e. The molecule has 0 aliphatic carbocycles. The fourth-order valence-corrected chi connectivity index (χ4v) is 6.45. The van der Waals surface area contributed by atoms with Crippen molar-refractivity contribution < 1.29 is 24.2 Å². The molecule has 0 radical (unpaired) electrons. The molecule has 47 heavy (non-hydrogen) atoms. The minimum absolute atomic E-state index is 0.00948. The molecule has 1 fully saturated rings. The molecule has 248 valence electrons. The maximum absolute atomic E-state index is 12.3. The highest BCUT2D eigenvalue weighted by atomic mass is 32.2. The number of ether oxygens (including phenoxy) is 2. The second-order valence-electron chi connectivity index (χ2n) is 11.7. The Morgan fingerprint density at radius 1 is 0.894 bits per heavy atom. The van der Waals surface area contributed by atoms with E-state index in [0.29, 0.717) is 30.4 Å². The van der Waals surface area contributed by atoms with Crippen molar-refractivity contribution in [1.82, 2.24) is 30.8 Å². The second kappa shape index (κ2) is 17.2. The van der Waals surface area contributed by atoms with E-state index < -0.39 is 6.29 Å². The molecule has 2 heterocycles. The van der Waals surface area contributed by atoms with Crippen LogP contribution in [0.4, 0.5) is 0 Å². The lowest BCUT2D eigenvalue weighted by atomic mass is 9.91. The minimum Gasteiger partial charge on any atom is -0.392 e. The third-order valence-electron chi connectivity index (χ3n) is 8.14. The third kappa shape index (κ3) is 9.71. The van der Waals surface area contributed by atoms with E-state index in [-0.39, 0.29) is 36.5 Å². The van der Waals surface area contributed by atoms with E-state index in [1.807, 2.05) is 78.9 Å². The summed E-state index contributed by atoms with van der Waals surface area (Å²) in [5.41, 5.74) is 4.60. The van der Waals surface area contributed by atoms with Crippen LogP contribution in [-0.4, -0.2) is 55.5 Å². The van der Waals surface area contributed by atoms with Gasteiger partial charge in [0.2, 0.25) is 17.0 Å². The van der Waals surface area contributed by atoms with E-state index in [1.54, 1.807) is 4.68 Å². The van der Waals surface area contributed by atoms with Crippen LogP contribution in [0.25, 0.3) is 5.69 Å². The molecule has 0 saturated carbocycles. The van der Waals surface area contributed by atoms with Gasteiger partial charge in [-0.3, -0.25) is 9.59 Å². The molecule has 0 bridgehead atoms. The maximum atomic E-state index is 12.3. The topological polar surface area (TPSA) is 140 Å². The zero-order valence-corrected chi connectivity index (χ0v) is 27.6. The molecular weight excluding hydrogens is 616 g/mol. The van der Waals surface area contributed by atoms with E-state index >= 15 is 0 Å². The van der Waals surface area contributed by atoms with Gasteiger partial charge in [0, 0.05) is 43.7 Å². The number of para-hydroxylation sites is 1. The Kier molecular flexibility index (Phi) is 12.5. The fraction of sp³-hybridized carbons (Fsp3) is 0.400. The lowest BCUT2D eigenvalue weighted by Gasteiger charge is -2.41. The molecule has 1 aromatic heterocycles. The number of nitrogens with zero attached hydrogens (tertiary/aromatic N) is 4. The Hall–Kier alpha value is -4.10. The van der Waals surface area contributed by atoms with E-state index in [4.69, 9.17) is 9.47 Å². The Labute approximate surface area is 279 Å². The summed E-state index contributed by atoms with van der Waals surface area (Å²) < 4.78 is 14.9. The standard InChI is InChI=1S/C35H42N6O5S/c1-24-31(23-47-35-38-39-40-41(35)30-9-5-3-6-10-30)45-34(46-33(24)28-16-14-27(22-42)15-17-28)29-18-12-26(13-19-29)21-37-32(44)11-7-4-8-20-36-25(2)43/h3,5-6,9-10,12-19,24,31,33-34,42H,4,7-8,11,20-23H2,1-2H3,(H,36,43)(H,37,44). The average Bonchev–Trinajstić information content (AvgIpc) is 3.58. The largest absolute Gasteiger partial charge is 0.392 e. The first kappa shape index (κ1) is 34.2. The number of hydrogen-bond donors (Lipinski definition) is 3. The van der Waals surface area contributed by atoms with Crippen LogP contribution < -0.4 is 10.6 Å². The quantitative estimate of drug-likeness (QED) is 0.118. The van der Waals surface area contributed by atoms with Crippen molar-refractivity contribution in [3.63, 3.8) is 0 Å². The number of rotatable bonds is 15. The molecule has 4 unspecified atom stereocenters. The molecule has 11 nitrogen and oxygen atoms in total. The van der Waals surface area contributed by atoms with Crippen molar-refractivity contribution >= 4 is 23.6 Å². The lowest BCUT2D eigenvalue weighted by Crippen LogP contribution is -2.38. The molecule has 0 spiro atoms. The molecule has 12 heteroatoms. The summed E-state index contributed by atoms with van der Waals surface area (Å²) in [5.74, 6) is 0.599. The van der Waals surface area contributed by atoms with Crippen LogP contribution in [0.1, 0.15) is 74.2 Å². The second-order valence-corrected chi connectivity index (χ2v) is 12.6. The SMILES string of the molecule is CC(=O)NCCCCCC(=O)NCc1ccc(C2OC(CSc3nnnn3-c3ccccc3)C(C)C(c3ccc(CO)cc3)O2)cc1. The number of carbonyl (C=O) groups excluding carboxylic acids is 2. The van der Waals surface area contributed by atoms with Gasteiger partial charge in [0.05, 0.1) is 24.5 Å². The van der Waals surface area contributed by atoms with Crippen LogP contribution in [0.15, 0.2) is 84.0 Å². The molecular formula is C35H42N6O5S. The summed E-state index contributed by atoms with van der Waals surface area (Å²) in [7, 11) is 0. The van der Waals surface area contributed by atoms with Crippen LogP contribution in [0.3, 0.4) is 0 Å². The molecule has 1 saturated heterocycles. The Morgan fingerprint density at radius 3 is 2.34 bits per heavy atom. The number of amides is 2. The monoisotopic (exact) mass is 658 g/mol. The van der Waals surface area contributed by atoms with Gasteiger partial charge in [0.15, 0.2) is 6.29 Å². The Balaban J connectivity index is 1.22. The fourth-order valence-electron chi connectivity index (χ4n) is 5.40. The normalized spacial score (nSPS) is 19.3. The van der Waals surface area contributed by atoms with Gasteiger partial charge >= 0.3 is 0 Å². The third-order valence-corrected chi connectivity index (χ3v) is 9.15. The summed E-state index contributed by atoms with van der Waals surface area (Å²) in [6.45, 7) is 4.69. The zero-order valence-electron chi connectivity index (χ0n) is 26.7. The number of tetrazole rings is 1. The number of unbranched alkanes of at least 4 members (excludes halogenated alkanes) is 2. The van der Waals surface area contributed by atoms with Crippen LogP contribution >= 0.6 is 11.8 Å². The van der Waals surface area contributed by atoms with Crippen LogP contribution in [0.5, 0.6) is 0 Å². The van der Waals surface area contributed by atoms with Crippen molar-refractivity contribution in [1.29, 1.82) is 0 Å². The molecule has 4 aromatic rings. The summed E-state index contributed by atoms with van der Waals surface area (Å²) in [4.78, 5) is 23.3. The summed E-state index contributed by atoms with van der Waals surface area (Å²) in [6.07, 6.45) is 1.96. The van der Waals surface area contributed by atoms with Crippen molar-refractivity contribution in [2.75, 3.05) is 12.3 Å². The zero-order chi connectivity index (χ0) is 33.0. The number of aromatic nitrogens is 4. The minimum atomic E-state index is -0.606. The van der Waals surface area contributed by atoms with Crippen molar-refractivity contribution in [2.45, 2.75) is 76.3 Å². The predicted octanol–water partition coefficient (Wildman–Crippen LogP) is 5.05. The van der Waals surface area contributed by atoms with Crippen molar-refractivity contribution in [2.24, 2.45) is 5.92 Å². The van der Waals surface area contributed by atoms with Gasteiger partial charge < -0.3 is 25.2 Å². The van der Waals surface area contributed by atoms with Crippen molar-refractivity contribution in [3.05, 3.63) is 101 Å². The summed E-state index contributed by atoms with van der Waals surface area (Å²) in [5, 5.41) is 28.3. The molecule has 2 amide bonds. The highest BCUT2D eigenvalue weighted by Gasteiger charge is 2.38. The average molecular weight is 659 g/mol. The van der Waals surface area contributed by atoms with Gasteiger partial charge in [-0.25, -0.2) is 0 Å².